The Morgan fingerprint density at radius 3 is 2.50 bits per heavy atom. The fourth-order valence-electron chi connectivity index (χ4n) is 1.78. The van der Waals surface area contributed by atoms with Crippen LogP contribution in [0.4, 0.5) is 0 Å². The van der Waals surface area contributed by atoms with E-state index in [1.54, 1.807) is 6.07 Å². The maximum atomic E-state index is 9.97. The smallest absolute Gasteiger partial charge is 0.0688 e. The van der Waals surface area contributed by atoms with Crippen LogP contribution in [0.5, 0.6) is 0 Å². The number of rotatable bonds is 2. The number of aliphatic hydroxyl groups is 1. The van der Waals surface area contributed by atoms with E-state index in [2.05, 4.69) is 0 Å². The highest BCUT2D eigenvalue weighted by Gasteiger charge is 2.34. The summed E-state index contributed by atoms with van der Waals surface area (Å²) >= 11 is 11.8. The third-order valence-corrected chi connectivity index (χ3v) is 3.41. The Hall–Kier alpha value is -0.240. The van der Waals surface area contributed by atoms with E-state index < -0.39 is 5.60 Å². The predicted molar refractivity (Wildman–Crippen MR) is 59.0 cm³/mol. The first-order valence-corrected chi connectivity index (χ1v) is 5.51. The van der Waals surface area contributed by atoms with Crippen molar-refractivity contribution < 1.29 is 5.11 Å². The summed E-state index contributed by atoms with van der Waals surface area (Å²) < 4.78 is 0. The highest BCUT2D eigenvalue weighted by molar-refractivity contribution is 6.35. The lowest BCUT2D eigenvalue weighted by molar-refractivity contribution is -0.0322. The minimum Gasteiger partial charge on any atom is -0.390 e. The van der Waals surface area contributed by atoms with E-state index in [-0.39, 0.29) is 0 Å². The van der Waals surface area contributed by atoms with Crippen LogP contribution in [0, 0.1) is 0 Å². The van der Waals surface area contributed by atoms with Crippen LogP contribution in [0.2, 0.25) is 10.0 Å². The summed E-state index contributed by atoms with van der Waals surface area (Å²) in [4.78, 5) is 0. The van der Waals surface area contributed by atoms with Gasteiger partial charge in [0.05, 0.1) is 5.60 Å². The Bertz CT molecular complexity index is 345. The Labute approximate surface area is 93.7 Å². The molecule has 1 N–H and O–H groups in total. The van der Waals surface area contributed by atoms with Crippen molar-refractivity contribution in [3.8, 4) is 0 Å². The van der Waals surface area contributed by atoms with Crippen molar-refractivity contribution in [3.63, 3.8) is 0 Å². The van der Waals surface area contributed by atoms with Gasteiger partial charge in [0.2, 0.25) is 0 Å². The predicted octanol–water partition coefficient (Wildman–Crippen LogP) is 3.45. The molecular formula is C11H12Cl2O. The topological polar surface area (TPSA) is 20.2 Å². The van der Waals surface area contributed by atoms with Crippen molar-refractivity contribution in [2.45, 2.75) is 31.3 Å². The molecule has 0 atom stereocenters. The average Bonchev–Trinajstić information content (AvgIpc) is 2.07. The lowest BCUT2D eigenvalue weighted by Crippen LogP contribution is -2.38. The first-order valence-electron chi connectivity index (χ1n) is 4.75. The highest BCUT2D eigenvalue weighted by Crippen LogP contribution is 2.36. The number of hydrogen-bond donors (Lipinski definition) is 1. The summed E-state index contributed by atoms with van der Waals surface area (Å²) in [6.45, 7) is 0. The van der Waals surface area contributed by atoms with Gasteiger partial charge in [-0.15, -0.1) is 0 Å². The van der Waals surface area contributed by atoms with E-state index in [1.165, 1.54) is 0 Å². The zero-order valence-electron chi connectivity index (χ0n) is 7.76. The maximum Gasteiger partial charge on any atom is 0.0688 e. The van der Waals surface area contributed by atoms with Crippen LogP contribution in [-0.2, 0) is 6.42 Å². The van der Waals surface area contributed by atoms with E-state index in [1.807, 2.05) is 12.1 Å². The molecule has 0 aromatic heterocycles. The SMILES string of the molecule is OC1(Cc2ccc(Cl)cc2Cl)CCC1. The van der Waals surface area contributed by atoms with Gasteiger partial charge in [-0.05, 0) is 37.0 Å². The summed E-state index contributed by atoms with van der Waals surface area (Å²) in [6.07, 6.45) is 3.52. The molecule has 1 nitrogen and oxygen atoms in total. The van der Waals surface area contributed by atoms with Gasteiger partial charge < -0.3 is 5.11 Å². The van der Waals surface area contributed by atoms with E-state index in [0.717, 1.165) is 24.8 Å². The Balaban J connectivity index is 2.16. The molecule has 0 radical (unpaired) electrons. The third-order valence-electron chi connectivity index (χ3n) is 2.82. The fraction of sp³-hybridized carbons (Fsp3) is 0.455. The number of benzene rings is 1. The molecule has 3 heteroatoms. The molecule has 0 spiro atoms. The van der Waals surface area contributed by atoms with Gasteiger partial charge in [-0.1, -0.05) is 29.3 Å². The molecule has 0 saturated heterocycles. The van der Waals surface area contributed by atoms with Crippen molar-refractivity contribution in [2.24, 2.45) is 0 Å². The molecule has 76 valence electrons. The minimum absolute atomic E-state index is 0.516. The summed E-state index contributed by atoms with van der Waals surface area (Å²) in [7, 11) is 0. The van der Waals surface area contributed by atoms with Gasteiger partial charge in [-0.3, -0.25) is 0 Å². The van der Waals surface area contributed by atoms with Crippen LogP contribution in [0.1, 0.15) is 24.8 Å². The molecule has 1 aliphatic carbocycles. The molecule has 1 saturated carbocycles. The summed E-state index contributed by atoms with van der Waals surface area (Å²) in [6, 6.07) is 5.42. The van der Waals surface area contributed by atoms with E-state index in [9.17, 15) is 5.11 Å². The second kappa shape index (κ2) is 3.73. The summed E-state index contributed by atoms with van der Waals surface area (Å²) in [5.74, 6) is 0. The van der Waals surface area contributed by atoms with E-state index >= 15 is 0 Å². The fourth-order valence-corrected chi connectivity index (χ4v) is 2.26. The van der Waals surface area contributed by atoms with Gasteiger partial charge in [0.25, 0.3) is 0 Å². The third kappa shape index (κ3) is 2.05. The second-order valence-corrected chi connectivity index (χ2v) is 4.83. The van der Waals surface area contributed by atoms with Gasteiger partial charge in [-0.25, -0.2) is 0 Å². The average molecular weight is 231 g/mol. The van der Waals surface area contributed by atoms with Gasteiger partial charge >= 0.3 is 0 Å². The Morgan fingerprint density at radius 1 is 1.29 bits per heavy atom. The maximum absolute atomic E-state index is 9.97. The van der Waals surface area contributed by atoms with Crippen molar-refractivity contribution in [1.29, 1.82) is 0 Å². The molecule has 0 amide bonds. The first-order chi connectivity index (χ1) is 6.59. The van der Waals surface area contributed by atoms with Crippen LogP contribution in [0.15, 0.2) is 18.2 Å². The molecular weight excluding hydrogens is 219 g/mol. The lowest BCUT2D eigenvalue weighted by Gasteiger charge is -2.36. The molecule has 0 bridgehead atoms. The van der Waals surface area contributed by atoms with Gasteiger partial charge in [0, 0.05) is 16.5 Å². The zero-order valence-corrected chi connectivity index (χ0v) is 9.28. The molecule has 1 aliphatic rings. The van der Waals surface area contributed by atoms with Crippen molar-refractivity contribution >= 4 is 23.2 Å². The van der Waals surface area contributed by atoms with Crippen molar-refractivity contribution in [2.75, 3.05) is 0 Å². The van der Waals surface area contributed by atoms with Crippen LogP contribution >= 0.6 is 23.2 Å². The van der Waals surface area contributed by atoms with Crippen LogP contribution in [0.3, 0.4) is 0 Å². The van der Waals surface area contributed by atoms with Gasteiger partial charge in [0.15, 0.2) is 0 Å². The van der Waals surface area contributed by atoms with Crippen molar-refractivity contribution in [3.05, 3.63) is 33.8 Å². The summed E-state index contributed by atoms with van der Waals surface area (Å²) in [5, 5.41) is 11.3. The molecule has 0 unspecified atom stereocenters. The van der Waals surface area contributed by atoms with Gasteiger partial charge in [-0.2, -0.15) is 0 Å². The number of halogens is 2. The molecule has 14 heavy (non-hydrogen) atoms. The summed E-state index contributed by atoms with van der Waals surface area (Å²) in [5.41, 5.74) is 0.468. The largest absolute Gasteiger partial charge is 0.390 e. The lowest BCUT2D eigenvalue weighted by atomic mass is 9.76. The molecule has 1 aromatic carbocycles. The standard InChI is InChI=1S/C11H12Cl2O/c12-9-3-2-8(10(13)6-9)7-11(14)4-1-5-11/h2-3,6,14H,1,4-5,7H2. The van der Waals surface area contributed by atoms with Crippen molar-refractivity contribution in [1.82, 2.24) is 0 Å². The van der Waals surface area contributed by atoms with Gasteiger partial charge in [0.1, 0.15) is 0 Å². The van der Waals surface area contributed by atoms with Crippen LogP contribution in [0.25, 0.3) is 0 Å². The molecule has 1 aromatic rings. The first kappa shape index (κ1) is 10.3. The Morgan fingerprint density at radius 2 is 2.00 bits per heavy atom. The van der Waals surface area contributed by atoms with Crippen LogP contribution < -0.4 is 0 Å². The molecule has 2 rings (SSSR count). The Kier molecular flexibility index (Phi) is 2.74. The normalized spacial score (nSPS) is 19.1. The highest BCUT2D eigenvalue weighted by atomic mass is 35.5. The zero-order chi connectivity index (χ0) is 10.2. The quantitative estimate of drug-likeness (QED) is 0.826. The monoisotopic (exact) mass is 230 g/mol. The molecule has 1 fully saturated rings. The number of hydrogen-bond acceptors (Lipinski definition) is 1. The van der Waals surface area contributed by atoms with E-state index in [4.69, 9.17) is 23.2 Å². The second-order valence-electron chi connectivity index (χ2n) is 3.99. The molecule has 0 heterocycles. The minimum atomic E-state index is -0.516. The van der Waals surface area contributed by atoms with E-state index in [0.29, 0.717) is 16.5 Å². The van der Waals surface area contributed by atoms with Crippen LogP contribution in [-0.4, -0.2) is 10.7 Å². The molecule has 0 aliphatic heterocycles.